The minimum absolute atomic E-state index is 0.200. The Balaban J connectivity index is 4.01. The molecule has 0 saturated heterocycles. The highest BCUT2D eigenvalue weighted by Crippen LogP contribution is 2.36. The number of phosphoric ester groups is 1. The first-order chi connectivity index (χ1) is 23.7. The Bertz CT molecular complexity index is 912. The van der Waals surface area contributed by atoms with Crippen LogP contribution in [0.3, 0.4) is 0 Å². The third-order valence-electron chi connectivity index (χ3n) is 8.25. The lowest BCUT2D eigenvalue weighted by Gasteiger charge is -2.18. The molecule has 1 unspecified atom stereocenters. The molecule has 0 saturated carbocycles. The molecule has 9 nitrogen and oxygen atoms in total. The minimum Gasteiger partial charge on any atom is -0.462 e. The number of esters is 2. The zero-order valence-corrected chi connectivity index (χ0v) is 31.8. The van der Waals surface area contributed by atoms with Gasteiger partial charge in [-0.15, -0.1) is 0 Å². The Labute approximate surface area is 298 Å². The van der Waals surface area contributed by atoms with Gasteiger partial charge in [0.15, 0.2) is 6.10 Å². The molecule has 49 heavy (non-hydrogen) atoms. The van der Waals surface area contributed by atoms with Gasteiger partial charge in [0.05, 0.1) is 12.7 Å². The molecular weight excluding hydrogens is 643 g/mol. The van der Waals surface area contributed by atoms with Crippen LogP contribution in [0.4, 0.5) is 0 Å². The van der Waals surface area contributed by atoms with Gasteiger partial charge >= 0.3 is 19.8 Å². The molecule has 0 aromatic rings. The van der Waals surface area contributed by atoms with E-state index in [2.05, 4.69) is 24.4 Å². The Morgan fingerprint density at radius 2 is 1.14 bits per heavy atom. The smallest absolute Gasteiger partial charge is 0.462 e. The third-order valence-corrected chi connectivity index (χ3v) is 8.74. The van der Waals surface area contributed by atoms with Crippen LogP contribution in [0, 0.1) is 0 Å². The van der Waals surface area contributed by atoms with Gasteiger partial charge in [0, 0.05) is 12.8 Å². The molecule has 0 aromatic carbocycles. The number of hydrogen-bond acceptors (Lipinski definition) is 7. The standard InChI is InChI=1S/C39H71O9P/c1-3-5-7-8-9-10-11-12-13-14-15-18-22-25-29-33-39(42)48-37(35-47-49(43,44)45)34-46-38(41)32-28-24-21-19-16-17-20-23-27-31-36(40)30-26-6-4-2/h6,20,23,26-27,31,36-37,40H,3-5,7-19,21-22,24-25,28-30,32-35H2,1-2H3,(H2,43,44,45)/b23-20+,26-6+,31-27+/t36?,37-/m1/s1. The summed E-state index contributed by atoms with van der Waals surface area (Å²) in [6.45, 7) is 3.45. The Morgan fingerprint density at radius 3 is 1.67 bits per heavy atom. The van der Waals surface area contributed by atoms with Crippen LogP contribution in [0.25, 0.3) is 0 Å². The van der Waals surface area contributed by atoms with E-state index in [1.165, 1.54) is 70.6 Å². The number of unbranched alkanes of at least 4 members (excludes halogenated alkanes) is 19. The summed E-state index contributed by atoms with van der Waals surface area (Å²) in [4.78, 5) is 42.7. The van der Waals surface area contributed by atoms with E-state index in [9.17, 15) is 19.3 Å². The van der Waals surface area contributed by atoms with Crippen molar-refractivity contribution in [2.75, 3.05) is 13.2 Å². The molecule has 0 amide bonds. The van der Waals surface area contributed by atoms with Crippen molar-refractivity contribution in [3.8, 4) is 0 Å². The Morgan fingerprint density at radius 1 is 0.633 bits per heavy atom. The van der Waals surface area contributed by atoms with Crippen LogP contribution in [-0.4, -0.2) is 52.3 Å². The van der Waals surface area contributed by atoms with Gasteiger partial charge in [0.1, 0.15) is 6.61 Å². The van der Waals surface area contributed by atoms with E-state index in [0.29, 0.717) is 19.3 Å². The van der Waals surface area contributed by atoms with Crippen molar-refractivity contribution < 1.29 is 43.0 Å². The van der Waals surface area contributed by atoms with E-state index in [1.54, 1.807) is 6.08 Å². The van der Waals surface area contributed by atoms with Gasteiger partial charge < -0.3 is 24.4 Å². The molecule has 286 valence electrons. The number of rotatable bonds is 35. The fraction of sp³-hybridized carbons (Fsp3) is 0.795. The third kappa shape index (κ3) is 37.3. The SMILES string of the molecule is CC/C=C/CC(O)/C=C/C=C/CCCCCCCC(=O)OC[C@H](COP(=O)(O)O)OC(=O)CCCCCCCCCCCCCCCCC. The molecule has 0 rings (SSSR count). The molecule has 0 heterocycles. The Hall–Kier alpha value is -1.77. The molecule has 0 aromatic heterocycles. The highest BCUT2D eigenvalue weighted by molar-refractivity contribution is 7.46. The quantitative estimate of drug-likeness (QED) is 0.0192. The lowest BCUT2D eigenvalue weighted by Crippen LogP contribution is -2.29. The molecule has 0 radical (unpaired) electrons. The molecule has 0 aliphatic heterocycles. The van der Waals surface area contributed by atoms with E-state index in [0.717, 1.165) is 57.8 Å². The summed E-state index contributed by atoms with van der Waals surface area (Å²) in [6, 6.07) is 0. The van der Waals surface area contributed by atoms with Crippen molar-refractivity contribution in [2.45, 2.75) is 187 Å². The van der Waals surface area contributed by atoms with Gasteiger partial charge in [-0.1, -0.05) is 159 Å². The van der Waals surface area contributed by atoms with E-state index in [4.69, 9.17) is 19.3 Å². The number of aliphatic hydroxyl groups is 1. The summed E-state index contributed by atoms with van der Waals surface area (Å²) in [5.41, 5.74) is 0. The molecule has 0 spiro atoms. The predicted molar refractivity (Wildman–Crippen MR) is 199 cm³/mol. The second kappa shape index (κ2) is 34.7. The lowest BCUT2D eigenvalue weighted by molar-refractivity contribution is -0.161. The average molecular weight is 715 g/mol. The van der Waals surface area contributed by atoms with E-state index in [-0.39, 0.29) is 19.4 Å². The number of ether oxygens (including phenoxy) is 2. The predicted octanol–water partition coefficient (Wildman–Crippen LogP) is 10.4. The molecule has 0 aliphatic carbocycles. The van der Waals surface area contributed by atoms with Crippen molar-refractivity contribution in [1.29, 1.82) is 0 Å². The topological polar surface area (TPSA) is 140 Å². The number of carbonyl (C=O) groups is 2. The summed E-state index contributed by atoms with van der Waals surface area (Å²) in [5.74, 6) is -0.935. The van der Waals surface area contributed by atoms with Crippen molar-refractivity contribution >= 4 is 19.8 Å². The van der Waals surface area contributed by atoms with E-state index < -0.39 is 38.6 Å². The summed E-state index contributed by atoms with van der Waals surface area (Å²) < 4.78 is 26.3. The first-order valence-corrected chi connectivity index (χ1v) is 20.9. The highest BCUT2D eigenvalue weighted by atomic mass is 31.2. The van der Waals surface area contributed by atoms with Crippen LogP contribution >= 0.6 is 7.82 Å². The number of phosphoric acid groups is 1. The molecule has 0 aliphatic rings. The first-order valence-electron chi connectivity index (χ1n) is 19.4. The van der Waals surface area contributed by atoms with Crippen LogP contribution in [0.5, 0.6) is 0 Å². The zero-order valence-electron chi connectivity index (χ0n) is 30.9. The molecular formula is C39H71O9P. The van der Waals surface area contributed by atoms with Crippen molar-refractivity contribution in [1.82, 2.24) is 0 Å². The maximum absolute atomic E-state index is 12.4. The molecule has 0 fully saturated rings. The molecule has 3 N–H and O–H groups in total. The molecule has 0 bridgehead atoms. The normalized spacial score (nSPS) is 13.5. The van der Waals surface area contributed by atoms with Crippen molar-refractivity contribution in [3.05, 3.63) is 36.5 Å². The Kier molecular flexibility index (Phi) is 33.4. The second-order valence-electron chi connectivity index (χ2n) is 13.1. The summed E-state index contributed by atoms with van der Waals surface area (Å²) in [5, 5.41) is 9.82. The van der Waals surface area contributed by atoms with E-state index in [1.807, 2.05) is 24.3 Å². The highest BCUT2D eigenvalue weighted by Gasteiger charge is 2.22. The van der Waals surface area contributed by atoms with Crippen LogP contribution in [-0.2, 0) is 28.2 Å². The van der Waals surface area contributed by atoms with Gasteiger partial charge in [-0.25, -0.2) is 4.57 Å². The number of aliphatic hydroxyl groups excluding tert-OH is 1. The average Bonchev–Trinajstić information content (AvgIpc) is 3.06. The maximum Gasteiger partial charge on any atom is 0.469 e. The van der Waals surface area contributed by atoms with Gasteiger partial charge in [-0.2, -0.15) is 0 Å². The van der Waals surface area contributed by atoms with Gasteiger partial charge in [0.2, 0.25) is 0 Å². The summed E-state index contributed by atoms with van der Waals surface area (Å²) in [6.07, 6.45) is 36.2. The fourth-order valence-corrected chi connectivity index (χ4v) is 5.71. The summed E-state index contributed by atoms with van der Waals surface area (Å²) >= 11 is 0. The first kappa shape index (κ1) is 47.2. The van der Waals surface area contributed by atoms with E-state index >= 15 is 0 Å². The van der Waals surface area contributed by atoms with Crippen molar-refractivity contribution in [2.24, 2.45) is 0 Å². The van der Waals surface area contributed by atoms with Gasteiger partial charge in [0.25, 0.3) is 0 Å². The largest absolute Gasteiger partial charge is 0.469 e. The summed E-state index contributed by atoms with van der Waals surface area (Å²) in [7, 11) is -4.76. The van der Waals surface area contributed by atoms with Gasteiger partial charge in [-0.3, -0.25) is 14.1 Å². The second-order valence-corrected chi connectivity index (χ2v) is 14.3. The molecule has 10 heteroatoms. The number of allylic oxidation sites excluding steroid dienone is 4. The van der Waals surface area contributed by atoms with Crippen LogP contribution in [0.1, 0.15) is 174 Å². The maximum atomic E-state index is 12.4. The number of carbonyl (C=O) groups excluding carboxylic acids is 2. The van der Waals surface area contributed by atoms with Crippen LogP contribution in [0.2, 0.25) is 0 Å². The van der Waals surface area contributed by atoms with Gasteiger partial charge in [-0.05, 0) is 38.5 Å². The van der Waals surface area contributed by atoms with Crippen molar-refractivity contribution in [3.63, 3.8) is 0 Å². The monoisotopic (exact) mass is 714 g/mol. The fourth-order valence-electron chi connectivity index (χ4n) is 5.35. The number of hydrogen-bond donors (Lipinski definition) is 3. The van der Waals surface area contributed by atoms with Crippen LogP contribution in [0.15, 0.2) is 36.5 Å². The van der Waals surface area contributed by atoms with Crippen LogP contribution < -0.4 is 0 Å². The zero-order chi connectivity index (χ0) is 36.3. The minimum atomic E-state index is -4.76. The lowest BCUT2D eigenvalue weighted by atomic mass is 10.0. The molecule has 2 atom stereocenters.